The Hall–Kier alpha value is -2.35. The lowest BCUT2D eigenvalue weighted by atomic mass is 10.0. The number of nitrogens with zero attached hydrogens (tertiary/aromatic N) is 5. The Morgan fingerprint density at radius 2 is 2.03 bits per heavy atom. The van der Waals surface area contributed by atoms with Crippen LogP contribution < -0.4 is 0 Å². The molecule has 1 fully saturated rings. The zero-order valence-electron chi connectivity index (χ0n) is 17.0. The predicted molar refractivity (Wildman–Crippen MR) is 124 cm³/mol. The first-order valence-electron chi connectivity index (χ1n) is 10.2. The summed E-state index contributed by atoms with van der Waals surface area (Å²) < 4.78 is 4.06. The molecule has 1 aromatic carbocycles. The van der Waals surface area contributed by atoms with Crippen LogP contribution in [0.1, 0.15) is 39.8 Å². The highest BCUT2D eigenvalue weighted by Crippen LogP contribution is 2.32. The summed E-state index contributed by atoms with van der Waals surface area (Å²) >= 11 is 13.9. The van der Waals surface area contributed by atoms with E-state index < -0.39 is 0 Å². The van der Waals surface area contributed by atoms with Crippen LogP contribution in [0.25, 0.3) is 10.2 Å². The van der Waals surface area contributed by atoms with E-state index in [0.29, 0.717) is 22.6 Å². The van der Waals surface area contributed by atoms with Gasteiger partial charge in [0.15, 0.2) is 0 Å². The summed E-state index contributed by atoms with van der Waals surface area (Å²) in [5.74, 6) is 0.0979. The zero-order chi connectivity index (χ0) is 21.5. The Kier molecular flexibility index (Phi) is 5.50. The molecule has 0 N–H and O–H groups in total. The molecule has 1 saturated heterocycles. The van der Waals surface area contributed by atoms with Crippen molar-refractivity contribution >= 4 is 50.7 Å². The molecule has 4 aromatic rings. The summed E-state index contributed by atoms with van der Waals surface area (Å²) in [7, 11) is 0. The fourth-order valence-electron chi connectivity index (χ4n) is 4.14. The first-order chi connectivity index (χ1) is 15.0. The lowest BCUT2D eigenvalue weighted by Crippen LogP contribution is -2.38. The molecule has 0 unspecified atom stereocenters. The van der Waals surface area contributed by atoms with Crippen molar-refractivity contribution in [2.75, 3.05) is 13.1 Å². The fraction of sp³-hybridized carbons (Fsp3) is 0.318. The van der Waals surface area contributed by atoms with Gasteiger partial charge in [-0.3, -0.25) is 9.48 Å². The molecule has 3 aromatic heterocycles. The largest absolute Gasteiger partial charge is 0.338 e. The van der Waals surface area contributed by atoms with Crippen molar-refractivity contribution in [1.29, 1.82) is 0 Å². The van der Waals surface area contributed by atoms with Crippen molar-refractivity contribution in [2.24, 2.45) is 0 Å². The van der Waals surface area contributed by atoms with E-state index in [-0.39, 0.29) is 5.91 Å². The molecule has 6 nitrogen and oxygen atoms in total. The minimum Gasteiger partial charge on any atom is -0.338 e. The third-order valence-corrected chi connectivity index (χ3v) is 7.57. The number of rotatable bonds is 4. The van der Waals surface area contributed by atoms with Crippen molar-refractivity contribution in [3.63, 3.8) is 0 Å². The summed E-state index contributed by atoms with van der Waals surface area (Å²) in [6.07, 6.45) is 7.53. The molecule has 1 aliphatic rings. The van der Waals surface area contributed by atoms with Gasteiger partial charge in [0.2, 0.25) is 0 Å². The summed E-state index contributed by atoms with van der Waals surface area (Å²) in [5, 5.41) is 6.90. The second-order valence-corrected chi connectivity index (χ2v) is 9.72. The van der Waals surface area contributed by atoms with E-state index in [9.17, 15) is 4.79 Å². The number of carbonyl (C=O) groups is 1. The van der Waals surface area contributed by atoms with Crippen molar-refractivity contribution < 1.29 is 4.79 Å². The number of likely N-dealkylation sites (tertiary alicyclic amines) is 1. The molecule has 4 heterocycles. The summed E-state index contributed by atoms with van der Waals surface area (Å²) in [4.78, 5) is 21.0. The van der Waals surface area contributed by atoms with Crippen molar-refractivity contribution in [2.45, 2.75) is 32.4 Å². The van der Waals surface area contributed by atoms with Crippen LogP contribution in [0.5, 0.6) is 0 Å². The maximum atomic E-state index is 13.2. The minimum absolute atomic E-state index is 0.0979. The summed E-state index contributed by atoms with van der Waals surface area (Å²) in [6.45, 7) is 4.01. The number of carbonyl (C=O) groups excluding carboxylic acids is 1. The smallest absolute Gasteiger partial charge is 0.264 e. The molecule has 31 heavy (non-hydrogen) atoms. The normalized spacial score (nSPS) is 15.1. The number of amides is 1. The topological polar surface area (TPSA) is 56.0 Å². The number of aromatic nitrogens is 4. The first-order valence-corrected chi connectivity index (χ1v) is 11.7. The Morgan fingerprint density at radius 3 is 2.74 bits per heavy atom. The second kappa shape index (κ2) is 8.30. The van der Waals surface area contributed by atoms with Gasteiger partial charge in [0, 0.05) is 47.0 Å². The van der Waals surface area contributed by atoms with Gasteiger partial charge < -0.3 is 9.47 Å². The Labute approximate surface area is 194 Å². The Balaban J connectivity index is 1.35. The van der Waals surface area contributed by atoms with E-state index in [4.69, 9.17) is 23.2 Å². The van der Waals surface area contributed by atoms with Crippen molar-refractivity contribution in [1.82, 2.24) is 24.2 Å². The third kappa shape index (κ3) is 3.97. The fourth-order valence-corrected chi connectivity index (χ4v) is 5.74. The number of aryl methyl sites for hydroxylation is 1. The zero-order valence-corrected chi connectivity index (χ0v) is 19.3. The average Bonchev–Trinajstić information content (AvgIpc) is 3.49. The van der Waals surface area contributed by atoms with Gasteiger partial charge in [0.1, 0.15) is 4.83 Å². The van der Waals surface area contributed by atoms with Crippen LogP contribution in [0.2, 0.25) is 10.0 Å². The van der Waals surface area contributed by atoms with Gasteiger partial charge in [-0.2, -0.15) is 5.10 Å². The Morgan fingerprint density at radius 1 is 1.23 bits per heavy atom. The second-order valence-electron chi connectivity index (χ2n) is 7.84. The molecular formula is C22H21Cl2N5OS. The van der Waals surface area contributed by atoms with Gasteiger partial charge in [-0.25, -0.2) is 4.98 Å². The van der Waals surface area contributed by atoms with Crippen LogP contribution >= 0.6 is 34.5 Å². The molecule has 0 bridgehead atoms. The Bertz CT molecular complexity index is 1240. The van der Waals surface area contributed by atoms with E-state index >= 15 is 0 Å². The lowest BCUT2D eigenvalue weighted by Gasteiger charge is -2.32. The number of halogens is 2. The van der Waals surface area contributed by atoms with Gasteiger partial charge in [0.25, 0.3) is 5.91 Å². The number of thiophene rings is 1. The van der Waals surface area contributed by atoms with Crippen LogP contribution in [0.4, 0.5) is 0 Å². The minimum atomic E-state index is 0.0979. The van der Waals surface area contributed by atoms with Crippen LogP contribution in [0, 0.1) is 6.92 Å². The number of hydrogen-bond donors (Lipinski definition) is 0. The van der Waals surface area contributed by atoms with E-state index in [1.54, 1.807) is 12.3 Å². The van der Waals surface area contributed by atoms with Gasteiger partial charge in [-0.1, -0.05) is 29.3 Å². The molecule has 1 aliphatic heterocycles. The molecular weight excluding hydrogens is 453 g/mol. The van der Waals surface area contributed by atoms with Crippen LogP contribution in [-0.4, -0.2) is 43.2 Å². The van der Waals surface area contributed by atoms with Crippen molar-refractivity contribution in [3.8, 4) is 0 Å². The predicted octanol–water partition coefficient (Wildman–Crippen LogP) is 5.44. The van der Waals surface area contributed by atoms with Gasteiger partial charge in [0.05, 0.1) is 23.4 Å². The lowest BCUT2D eigenvalue weighted by molar-refractivity contribution is 0.0699. The molecule has 0 spiro atoms. The number of imidazole rings is 1. The SMILES string of the molecule is Cc1nn(Cc2ccc(Cl)cc2Cl)c2sc(C(=O)N3CCC(n4ccnc4)CC3)cc12. The molecule has 5 rings (SSSR count). The number of hydrogen-bond acceptors (Lipinski definition) is 4. The molecule has 0 saturated carbocycles. The molecule has 160 valence electrons. The molecule has 0 aliphatic carbocycles. The quantitative estimate of drug-likeness (QED) is 0.396. The highest BCUT2D eigenvalue weighted by Gasteiger charge is 2.26. The standard InChI is InChI=1S/C22H21Cl2N5OS/c1-14-18-11-20(21(30)27-7-4-17(5-8-27)28-9-6-25-13-28)31-22(18)29(26-14)12-15-2-3-16(23)10-19(15)24/h2-3,6,9-11,13,17H,4-5,7-8,12H2,1H3. The molecule has 9 heteroatoms. The van der Waals surface area contributed by atoms with E-state index in [1.807, 2.05) is 47.2 Å². The molecule has 1 amide bonds. The van der Waals surface area contributed by atoms with Crippen molar-refractivity contribution in [3.05, 3.63) is 69.2 Å². The maximum absolute atomic E-state index is 13.2. The van der Waals surface area contributed by atoms with Crippen LogP contribution in [0.3, 0.4) is 0 Å². The van der Waals surface area contributed by atoms with Crippen LogP contribution in [-0.2, 0) is 6.54 Å². The highest BCUT2D eigenvalue weighted by molar-refractivity contribution is 7.20. The monoisotopic (exact) mass is 473 g/mol. The first kappa shape index (κ1) is 20.5. The number of piperidine rings is 1. The third-order valence-electron chi connectivity index (χ3n) is 5.85. The number of fused-ring (bicyclic) bond motifs is 1. The van der Waals surface area contributed by atoms with E-state index in [1.165, 1.54) is 11.3 Å². The van der Waals surface area contributed by atoms with Gasteiger partial charge >= 0.3 is 0 Å². The average molecular weight is 474 g/mol. The van der Waals surface area contributed by atoms with E-state index in [0.717, 1.165) is 52.3 Å². The van der Waals surface area contributed by atoms with E-state index in [2.05, 4.69) is 14.6 Å². The molecule has 0 atom stereocenters. The molecule has 0 radical (unpaired) electrons. The van der Waals surface area contributed by atoms with Crippen LogP contribution in [0.15, 0.2) is 43.0 Å². The summed E-state index contributed by atoms with van der Waals surface area (Å²) in [5.41, 5.74) is 1.85. The summed E-state index contributed by atoms with van der Waals surface area (Å²) in [6, 6.07) is 7.87. The van der Waals surface area contributed by atoms with Gasteiger partial charge in [-0.15, -0.1) is 11.3 Å². The highest BCUT2D eigenvalue weighted by atomic mass is 35.5. The number of benzene rings is 1. The maximum Gasteiger partial charge on any atom is 0.264 e. The van der Waals surface area contributed by atoms with Gasteiger partial charge in [-0.05, 0) is 43.5 Å².